The van der Waals surface area contributed by atoms with E-state index in [1.165, 1.54) is 12.1 Å². The van der Waals surface area contributed by atoms with Gasteiger partial charge in [-0.3, -0.25) is 0 Å². The highest BCUT2D eigenvalue weighted by molar-refractivity contribution is 7.89. The normalized spacial score (nSPS) is 24.2. The number of hydrogen-bond acceptors (Lipinski definition) is 4. The van der Waals surface area contributed by atoms with Crippen LogP contribution in [0.4, 0.5) is 4.39 Å². The number of benzene rings is 1. The van der Waals surface area contributed by atoms with Gasteiger partial charge in [-0.05, 0) is 44.1 Å². The van der Waals surface area contributed by atoms with E-state index in [0.29, 0.717) is 0 Å². The summed E-state index contributed by atoms with van der Waals surface area (Å²) in [7, 11) is -1.63. The van der Waals surface area contributed by atoms with Crippen molar-refractivity contribution in [1.82, 2.24) is 9.62 Å². The van der Waals surface area contributed by atoms with Crippen LogP contribution in [0.2, 0.25) is 0 Å². The highest BCUT2D eigenvalue weighted by Gasteiger charge is 2.28. The van der Waals surface area contributed by atoms with Crippen molar-refractivity contribution in [2.45, 2.75) is 30.8 Å². The zero-order valence-corrected chi connectivity index (χ0v) is 13.2. The molecule has 1 fully saturated rings. The molecule has 1 aliphatic rings. The molecule has 0 aliphatic carbocycles. The topological polar surface area (TPSA) is 75.4 Å². The van der Waals surface area contributed by atoms with Crippen molar-refractivity contribution in [3.8, 4) is 0 Å². The molecule has 3 N–H and O–H groups in total. The Morgan fingerprint density at radius 3 is 2.81 bits per heavy atom. The van der Waals surface area contributed by atoms with E-state index in [2.05, 4.69) is 9.62 Å². The molecule has 0 spiro atoms. The Hall–Kier alpha value is -1.02. The second kappa shape index (κ2) is 6.39. The Morgan fingerprint density at radius 2 is 2.19 bits per heavy atom. The fraction of sp³-hybridized carbons (Fsp3) is 0.571. The monoisotopic (exact) mass is 315 g/mol. The van der Waals surface area contributed by atoms with Crippen molar-refractivity contribution < 1.29 is 12.8 Å². The number of halogens is 1. The quantitative estimate of drug-likeness (QED) is 0.866. The van der Waals surface area contributed by atoms with E-state index < -0.39 is 15.8 Å². The minimum atomic E-state index is -3.65. The van der Waals surface area contributed by atoms with Gasteiger partial charge in [0.15, 0.2) is 0 Å². The summed E-state index contributed by atoms with van der Waals surface area (Å²) in [5.74, 6) is -0.253. The van der Waals surface area contributed by atoms with Gasteiger partial charge in [-0.15, -0.1) is 0 Å². The fourth-order valence-corrected chi connectivity index (χ4v) is 4.10. The summed E-state index contributed by atoms with van der Waals surface area (Å²) in [4.78, 5) is 2.25. The molecule has 2 unspecified atom stereocenters. The lowest BCUT2D eigenvalue weighted by Crippen LogP contribution is -2.48. The Labute approximate surface area is 125 Å². The van der Waals surface area contributed by atoms with Crippen LogP contribution in [0.3, 0.4) is 0 Å². The lowest BCUT2D eigenvalue weighted by atomic mass is 9.95. The maximum Gasteiger partial charge on any atom is 0.240 e. The van der Waals surface area contributed by atoms with Crippen LogP contribution in [-0.4, -0.2) is 39.5 Å². The van der Waals surface area contributed by atoms with Crippen molar-refractivity contribution in [2.75, 3.05) is 20.1 Å². The lowest BCUT2D eigenvalue weighted by Gasteiger charge is -2.34. The largest absolute Gasteiger partial charge is 0.326 e. The third kappa shape index (κ3) is 3.79. The van der Waals surface area contributed by atoms with Crippen molar-refractivity contribution in [3.05, 3.63) is 29.6 Å². The predicted octanol–water partition coefficient (Wildman–Crippen LogP) is 0.903. The number of nitrogens with one attached hydrogen (secondary N) is 1. The van der Waals surface area contributed by atoms with Gasteiger partial charge in [-0.2, -0.15) is 0 Å². The van der Waals surface area contributed by atoms with Gasteiger partial charge in [0.25, 0.3) is 0 Å². The van der Waals surface area contributed by atoms with Crippen molar-refractivity contribution in [3.63, 3.8) is 0 Å². The standard InChI is InChI=1S/C14H22FN3O2S/c1-10-9-18(2)6-5-14(10)17-21(19,20)12-3-4-13(15)11(7-12)8-16/h3-4,7,10,14,17H,5-6,8-9,16H2,1-2H3. The van der Waals surface area contributed by atoms with Crippen LogP contribution in [-0.2, 0) is 16.6 Å². The second-order valence-electron chi connectivity index (χ2n) is 5.71. The van der Waals surface area contributed by atoms with Crippen LogP contribution < -0.4 is 10.5 Å². The van der Waals surface area contributed by atoms with Gasteiger partial charge in [-0.25, -0.2) is 17.5 Å². The Balaban J connectivity index is 2.18. The van der Waals surface area contributed by atoms with Gasteiger partial charge >= 0.3 is 0 Å². The van der Waals surface area contributed by atoms with Crippen LogP contribution in [0.25, 0.3) is 0 Å². The molecule has 0 bridgehead atoms. The highest BCUT2D eigenvalue weighted by atomic mass is 32.2. The first-order chi connectivity index (χ1) is 9.83. The summed E-state index contributed by atoms with van der Waals surface area (Å²) in [6.07, 6.45) is 0.766. The second-order valence-corrected chi connectivity index (χ2v) is 7.43. The summed E-state index contributed by atoms with van der Waals surface area (Å²) in [5, 5.41) is 0. The first kappa shape index (κ1) is 16.4. The number of hydrogen-bond donors (Lipinski definition) is 2. The molecule has 21 heavy (non-hydrogen) atoms. The maximum atomic E-state index is 13.4. The minimum Gasteiger partial charge on any atom is -0.326 e. The van der Waals surface area contributed by atoms with Crippen LogP contribution in [0, 0.1) is 11.7 Å². The van der Waals surface area contributed by atoms with Gasteiger partial charge < -0.3 is 10.6 Å². The molecule has 7 heteroatoms. The lowest BCUT2D eigenvalue weighted by molar-refractivity contribution is 0.188. The van der Waals surface area contributed by atoms with Crippen LogP contribution in [0.15, 0.2) is 23.1 Å². The molecule has 2 rings (SSSR count). The van der Waals surface area contributed by atoms with Gasteiger partial charge in [-0.1, -0.05) is 6.92 Å². The molecule has 118 valence electrons. The minimum absolute atomic E-state index is 0.0280. The molecule has 1 heterocycles. The molecule has 1 aromatic carbocycles. The van der Waals surface area contributed by atoms with E-state index in [9.17, 15) is 12.8 Å². The third-order valence-electron chi connectivity index (χ3n) is 3.96. The molecule has 0 saturated carbocycles. The molecule has 5 nitrogen and oxygen atoms in total. The summed E-state index contributed by atoms with van der Waals surface area (Å²) in [6.45, 7) is 3.71. The molecular formula is C14H22FN3O2S. The smallest absolute Gasteiger partial charge is 0.240 e. The fourth-order valence-electron chi connectivity index (χ4n) is 2.67. The van der Waals surface area contributed by atoms with Gasteiger partial charge in [0.2, 0.25) is 10.0 Å². The van der Waals surface area contributed by atoms with E-state index in [4.69, 9.17) is 5.73 Å². The first-order valence-corrected chi connectivity index (χ1v) is 8.51. The molecule has 2 atom stereocenters. The van der Waals surface area contributed by atoms with Gasteiger partial charge in [0.05, 0.1) is 4.90 Å². The molecule has 1 saturated heterocycles. The number of piperidine rings is 1. The average Bonchev–Trinajstić information content (AvgIpc) is 2.42. The van der Waals surface area contributed by atoms with Gasteiger partial charge in [0, 0.05) is 24.7 Å². The highest BCUT2D eigenvalue weighted by Crippen LogP contribution is 2.20. The predicted molar refractivity (Wildman–Crippen MR) is 79.7 cm³/mol. The van der Waals surface area contributed by atoms with E-state index in [-0.39, 0.29) is 29.0 Å². The average molecular weight is 315 g/mol. The molecule has 0 aromatic heterocycles. The number of rotatable bonds is 4. The van der Waals surface area contributed by atoms with Crippen molar-refractivity contribution >= 4 is 10.0 Å². The number of nitrogens with two attached hydrogens (primary N) is 1. The maximum absolute atomic E-state index is 13.4. The molecule has 0 amide bonds. The SMILES string of the molecule is CC1CN(C)CCC1NS(=O)(=O)c1ccc(F)c(CN)c1. The van der Waals surface area contributed by atoms with E-state index in [0.717, 1.165) is 25.6 Å². The molecule has 1 aliphatic heterocycles. The summed E-state index contributed by atoms with van der Waals surface area (Å²) >= 11 is 0. The Kier molecular flexibility index (Phi) is 4.98. The van der Waals surface area contributed by atoms with Crippen LogP contribution in [0.1, 0.15) is 18.9 Å². The van der Waals surface area contributed by atoms with Gasteiger partial charge in [0.1, 0.15) is 5.82 Å². The Morgan fingerprint density at radius 1 is 1.48 bits per heavy atom. The molecule has 1 aromatic rings. The van der Waals surface area contributed by atoms with E-state index in [1.54, 1.807) is 0 Å². The molecular weight excluding hydrogens is 293 g/mol. The van der Waals surface area contributed by atoms with Crippen LogP contribution >= 0.6 is 0 Å². The van der Waals surface area contributed by atoms with E-state index >= 15 is 0 Å². The van der Waals surface area contributed by atoms with Crippen molar-refractivity contribution in [1.29, 1.82) is 0 Å². The number of sulfonamides is 1. The number of likely N-dealkylation sites (tertiary alicyclic amines) is 1. The van der Waals surface area contributed by atoms with Crippen LogP contribution in [0.5, 0.6) is 0 Å². The van der Waals surface area contributed by atoms with E-state index in [1.807, 2.05) is 14.0 Å². The summed E-state index contributed by atoms with van der Waals surface area (Å²) in [6, 6.07) is 3.63. The molecule has 0 radical (unpaired) electrons. The Bertz CT molecular complexity index is 606. The summed E-state index contributed by atoms with van der Waals surface area (Å²) in [5.41, 5.74) is 5.63. The number of nitrogens with zero attached hydrogens (tertiary/aromatic N) is 1. The third-order valence-corrected chi connectivity index (χ3v) is 5.45. The summed E-state index contributed by atoms with van der Waals surface area (Å²) < 4.78 is 41.0. The van der Waals surface area contributed by atoms with Crippen molar-refractivity contribution in [2.24, 2.45) is 11.7 Å². The zero-order valence-electron chi connectivity index (χ0n) is 12.3. The zero-order chi connectivity index (χ0) is 15.6. The first-order valence-electron chi connectivity index (χ1n) is 7.03.